The summed E-state index contributed by atoms with van der Waals surface area (Å²) in [4.78, 5) is 0. The summed E-state index contributed by atoms with van der Waals surface area (Å²) < 4.78 is 0. The Morgan fingerprint density at radius 1 is 0.482 bits per heavy atom. The number of hydrogen-bond acceptors (Lipinski definition) is 0. The van der Waals surface area contributed by atoms with Crippen molar-refractivity contribution in [2.75, 3.05) is 0 Å². The lowest BCUT2D eigenvalue weighted by atomic mass is 9.84. The van der Waals surface area contributed by atoms with Gasteiger partial charge in [-0.15, -0.1) is 0 Å². The predicted octanol–water partition coefficient (Wildman–Crippen LogP) is 19.2. The van der Waals surface area contributed by atoms with Gasteiger partial charge in [0.2, 0.25) is 0 Å². The first-order valence-electron chi connectivity index (χ1n) is 24.6. The third kappa shape index (κ3) is 42.1. The maximum atomic E-state index is 2.34. The van der Waals surface area contributed by atoms with Gasteiger partial charge in [0, 0.05) is 0 Å². The SMILES string of the molecule is CC(C)CC1CC1.CC(C)CC1CCCCC1.CC(C)CCCc1ccccc1.CCCC(C)C.CCCC(CC)CC(C)C.Cc1ccc(CC(C)C)cc1. The molecular formula is C56H104. The normalized spacial score (nSPS) is 14.5. The van der Waals surface area contributed by atoms with Crippen molar-refractivity contribution in [2.45, 2.75) is 233 Å². The Morgan fingerprint density at radius 2 is 0.982 bits per heavy atom. The van der Waals surface area contributed by atoms with Crippen LogP contribution in [0.3, 0.4) is 0 Å². The average molecular weight is 777 g/mol. The summed E-state index contributed by atoms with van der Waals surface area (Å²) in [5.41, 5.74) is 4.27. The molecule has 0 amide bonds. The molecule has 0 aliphatic heterocycles. The summed E-state index contributed by atoms with van der Waals surface area (Å²) in [5.74, 6) is 8.44. The molecule has 0 nitrogen and oxygen atoms in total. The highest BCUT2D eigenvalue weighted by atomic mass is 14.3. The fourth-order valence-electron chi connectivity index (χ4n) is 7.81. The minimum Gasteiger partial charge on any atom is -0.0654 e. The molecule has 1 atom stereocenters. The third-order valence-corrected chi connectivity index (χ3v) is 10.8. The Kier molecular flexibility index (Phi) is 38.1. The lowest BCUT2D eigenvalue weighted by Crippen LogP contribution is -2.08. The predicted molar refractivity (Wildman–Crippen MR) is 260 cm³/mol. The van der Waals surface area contributed by atoms with Gasteiger partial charge in [-0.05, 0) is 110 Å². The standard InChI is InChI=1S/C12H18.C11H16.C10H20.C10H22.C7H14.C6H14/c1-11(2)7-6-10-12-8-4-3-5-9-12;1-9(2)8-11-6-4-10(3)5-7-11;1-9(2)8-10-6-4-3-5-7-10;1-5-7-10(6-2)8-9(3)4;1-6(2)5-7-3-4-7;1-4-5-6(2)3/h3-5,8-9,11H,6-7,10H2,1-2H3;4-7,9H,8H2,1-3H3;9-10H,3-8H2,1-2H3;9-10H,5-8H2,1-4H3;6-7H,3-5H2,1-2H3;6H,4-5H2,1-3H3. The summed E-state index contributed by atoms with van der Waals surface area (Å²) in [6.07, 6.45) is 26.8. The molecule has 328 valence electrons. The summed E-state index contributed by atoms with van der Waals surface area (Å²) in [6.45, 7) is 36.4. The van der Waals surface area contributed by atoms with Gasteiger partial charge in [-0.1, -0.05) is 247 Å². The van der Waals surface area contributed by atoms with Crippen molar-refractivity contribution in [1.29, 1.82) is 0 Å². The second kappa shape index (κ2) is 37.7. The van der Waals surface area contributed by atoms with Crippen molar-refractivity contribution in [3.05, 3.63) is 71.3 Å². The fourth-order valence-corrected chi connectivity index (χ4v) is 7.81. The van der Waals surface area contributed by atoms with Crippen LogP contribution >= 0.6 is 0 Å². The molecule has 0 heteroatoms. The molecule has 2 aromatic rings. The molecule has 56 heavy (non-hydrogen) atoms. The zero-order chi connectivity index (χ0) is 42.7. The van der Waals surface area contributed by atoms with Crippen molar-refractivity contribution in [2.24, 2.45) is 53.3 Å². The van der Waals surface area contributed by atoms with Gasteiger partial charge < -0.3 is 0 Å². The Labute approximate surface area is 356 Å². The zero-order valence-electron chi connectivity index (χ0n) is 41.3. The van der Waals surface area contributed by atoms with Gasteiger partial charge in [-0.25, -0.2) is 0 Å². The van der Waals surface area contributed by atoms with E-state index in [0.29, 0.717) is 0 Å². The van der Waals surface area contributed by atoms with Gasteiger partial charge in [0.15, 0.2) is 0 Å². The van der Waals surface area contributed by atoms with Crippen molar-refractivity contribution < 1.29 is 0 Å². The van der Waals surface area contributed by atoms with Crippen LogP contribution in [0.1, 0.15) is 230 Å². The minimum absolute atomic E-state index is 0.762. The van der Waals surface area contributed by atoms with Crippen LogP contribution in [0.4, 0.5) is 0 Å². The lowest BCUT2D eigenvalue weighted by Gasteiger charge is -2.22. The topological polar surface area (TPSA) is 0 Å². The van der Waals surface area contributed by atoms with Crippen LogP contribution in [-0.4, -0.2) is 0 Å². The number of hydrogen-bond donors (Lipinski definition) is 0. The van der Waals surface area contributed by atoms with E-state index in [0.717, 1.165) is 53.3 Å². The first-order valence-corrected chi connectivity index (χ1v) is 24.6. The molecule has 2 fully saturated rings. The largest absolute Gasteiger partial charge is 0.0654 e. The molecule has 4 rings (SSSR count). The van der Waals surface area contributed by atoms with Gasteiger partial charge >= 0.3 is 0 Å². The molecule has 0 N–H and O–H groups in total. The maximum absolute atomic E-state index is 2.34. The second-order valence-electron chi connectivity index (χ2n) is 20.4. The van der Waals surface area contributed by atoms with Crippen LogP contribution in [0.5, 0.6) is 0 Å². The van der Waals surface area contributed by atoms with Crippen LogP contribution in [0.25, 0.3) is 0 Å². The highest BCUT2D eigenvalue weighted by molar-refractivity contribution is 5.21. The first kappa shape index (κ1) is 56.5. The zero-order valence-corrected chi connectivity index (χ0v) is 41.3. The fraction of sp³-hybridized carbons (Fsp3) is 0.786. The molecule has 0 heterocycles. The number of aryl methyl sites for hydroxylation is 2. The van der Waals surface area contributed by atoms with Gasteiger partial charge in [0.25, 0.3) is 0 Å². The van der Waals surface area contributed by atoms with Crippen molar-refractivity contribution in [3.8, 4) is 0 Å². The summed E-state index contributed by atoms with van der Waals surface area (Å²) in [6, 6.07) is 19.5. The van der Waals surface area contributed by atoms with E-state index in [9.17, 15) is 0 Å². The van der Waals surface area contributed by atoms with E-state index in [2.05, 4.69) is 165 Å². The second-order valence-corrected chi connectivity index (χ2v) is 20.4. The Morgan fingerprint density at radius 3 is 1.36 bits per heavy atom. The Balaban J connectivity index is 0. The maximum Gasteiger partial charge on any atom is -0.0256 e. The Bertz CT molecular complexity index is 1020. The molecule has 0 radical (unpaired) electrons. The molecular weight excluding hydrogens is 673 g/mol. The van der Waals surface area contributed by atoms with E-state index in [1.807, 2.05) is 0 Å². The van der Waals surface area contributed by atoms with Gasteiger partial charge in [-0.2, -0.15) is 0 Å². The quantitative estimate of drug-likeness (QED) is 0.150. The van der Waals surface area contributed by atoms with Crippen LogP contribution in [0.15, 0.2) is 54.6 Å². The van der Waals surface area contributed by atoms with E-state index in [1.54, 1.807) is 0 Å². The average Bonchev–Trinajstić information content (AvgIpc) is 3.94. The highest BCUT2D eigenvalue weighted by Crippen LogP contribution is 2.34. The molecule has 0 saturated heterocycles. The molecule has 2 saturated carbocycles. The van der Waals surface area contributed by atoms with E-state index in [4.69, 9.17) is 0 Å². The van der Waals surface area contributed by atoms with Crippen LogP contribution in [0, 0.1) is 60.2 Å². The van der Waals surface area contributed by atoms with Crippen molar-refractivity contribution in [3.63, 3.8) is 0 Å². The van der Waals surface area contributed by atoms with Gasteiger partial charge in [-0.3, -0.25) is 0 Å². The molecule has 2 aliphatic rings. The van der Waals surface area contributed by atoms with Crippen molar-refractivity contribution >= 4 is 0 Å². The van der Waals surface area contributed by atoms with Crippen LogP contribution in [0.2, 0.25) is 0 Å². The third-order valence-electron chi connectivity index (χ3n) is 10.8. The molecule has 1 unspecified atom stereocenters. The van der Waals surface area contributed by atoms with Crippen LogP contribution in [-0.2, 0) is 12.8 Å². The van der Waals surface area contributed by atoms with Crippen molar-refractivity contribution in [1.82, 2.24) is 0 Å². The summed E-state index contributed by atoms with van der Waals surface area (Å²) in [5, 5.41) is 0. The number of benzene rings is 2. The first-order chi connectivity index (χ1) is 26.5. The molecule has 0 spiro atoms. The smallest absolute Gasteiger partial charge is 0.0256 e. The van der Waals surface area contributed by atoms with E-state index >= 15 is 0 Å². The van der Waals surface area contributed by atoms with Gasteiger partial charge in [0.05, 0.1) is 0 Å². The van der Waals surface area contributed by atoms with Gasteiger partial charge in [0.1, 0.15) is 0 Å². The van der Waals surface area contributed by atoms with Crippen LogP contribution < -0.4 is 0 Å². The van der Waals surface area contributed by atoms with E-state index in [-0.39, 0.29) is 0 Å². The lowest BCUT2D eigenvalue weighted by molar-refractivity contribution is 0.305. The Hall–Kier alpha value is -1.56. The molecule has 0 bridgehead atoms. The summed E-state index contributed by atoms with van der Waals surface area (Å²) >= 11 is 0. The minimum atomic E-state index is 0.762. The molecule has 2 aromatic carbocycles. The number of rotatable bonds is 17. The van der Waals surface area contributed by atoms with E-state index in [1.165, 1.54) is 139 Å². The monoisotopic (exact) mass is 777 g/mol. The molecule has 0 aromatic heterocycles. The van der Waals surface area contributed by atoms with E-state index < -0.39 is 0 Å². The molecule has 2 aliphatic carbocycles. The highest BCUT2D eigenvalue weighted by Gasteiger charge is 2.21. The summed E-state index contributed by atoms with van der Waals surface area (Å²) in [7, 11) is 0.